The lowest BCUT2D eigenvalue weighted by Crippen LogP contribution is -2.59. The number of carbonyl (C=O) groups excluding carboxylic acids is 5. The van der Waals surface area contributed by atoms with E-state index in [1.165, 1.54) is 0 Å². The third-order valence-electron chi connectivity index (χ3n) is 10.4. The van der Waals surface area contributed by atoms with Crippen LogP contribution in [-0.2, 0) is 38.2 Å². The molecule has 3 N–H and O–H groups in total. The summed E-state index contributed by atoms with van der Waals surface area (Å²) in [5, 5.41) is 8.73. The minimum atomic E-state index is -1.06. The molecule has 13 nitrogen and oxygen atoms in total. The summed E-state index contributed by atoms with van der Waals surface area (Å²) in [5.74, 6) is -1.38. The normalized spacial score (nSPS) is 20.8. The van der Waals surface area contributed by atoms with Gasteiger partial charge >= 0.3 is 0 Å². The zero-order chi connectivity index (χ0) is 36.1. The lowest BCUT2D eigenvalue weighted by Gasteiger charge is -2.39. The summed E-state index contributed by atoms with van der Waals surface area (Å²) in [6.45, 7) is 10.4. The van der Waals surface area contributed by atoms with Crippen molar-refractivity contribution in [1.29, 1.82) is 0 Å². The first-order chi connectivity index (χ1) is 22.7. The molecular weight excluding hydrogens is 618 g/mol. The standard InChI is InChI=1S/C35H63N5O8/c1-10-24(2)31(27(46-8)20-29(43)40-19-13-14-26(40)32(47-9)25(3)22-41)39(7)30(44)21-37-33(45)35(16-11-12-17-35)38-28(42)15-18-34(4,5)48-23-36-6/h22,24-27,31-32,36H,10-21,23H2,1-9H3,(H,37,45)(H,38,42). The molecule has 13 heteroatoms. The van der Waals surface area contributed by atoms with E-state index in [4.69, 9.17) is 14.2 Å². The monoisotopic (exact) mass is 681 g/mol. The van der Waals surface area contributed by atoms with Gasteiger partial charge in [-0.05, 0) is 58.9 Å². The van der Waals surface area contributed by atoms with Crippen LogP contribution in [0.3, 0.4) is 0 Å². The van der Waals surface area contributed by atoms with Crippen molar-refractivity contribution in [2.24, 2.45) is 11.8 Å². The van der Waals surface area contributed by atoms with Crippen LogP contribution in [0.25, 0.3) is 0 Å². The van der Waals surface area contributed by atoms with E-state index in [0.717, 1.165) is 38.4 Å². The second kappa shape index (κ2) is 19.5. The van der Waals surface area contributed by atoms with Crippen molar-refractivity contribution < 1.29 is 38.2 Å². The third-order valence-corrected chi connectivity index (χ3v) is 10.4. The maximum Gasteiger partial charge on any atom is 0.246 e. The Morgan fingerprint density at radius 3 is 2.31 bits per heavy atom. The van der Waals surface area contributed by atoms with Crippen LogP contribution in [0.4, 0.5) is 0 Å². The fourth-order valence-corrected chi connectivity index (χ4v) is 7.20. The van der Waals surface area contributed by atoms with Gasteiger partial charge in [-0.3, -0.25) is 24.5 Å². The van der Waals surface area contributed by atoms with Crippen molar-refractivity contribution in [2.45, 2.75) is 134 Å². The summed E-state index contributed by atoms with van der Waals surface area (Å²) >= 11 is 0. The first-order valence-corrected chi connectivity index (χ1v) is 17.6. The lowest BCUT2D eigenvalue weighted by atomic mass is 9.90. The van der Waals surface area contributed by atoms with E-state index in [9.17, 15) is 24.0 Å². The number of nitrogens with zero attached hydrogens (tertiary/aromatic N) is 2. The van der Waals surface area contributed by atoms with Crippen LogP contribution in [0.2, 0.25) is 0 Å². The summed E-state index contributed by atoms with van der Waals surface area (Å²) in [7, 11) is 6.57. The molecular formula is C35H63N5O8. The molecule has 2 aliphatic rings. The van der Waals surface area contributed by atoms with Gasteiger partial charge in [-0.25, -0.2) is 0 Å². The number of aldehydes is 1. The molecule has 1 saturated carbocycles. The highest BCUT2D eigenvalue weighted by Crippen LogP contribution is 2.31. The Morgan fingerprint density at radius 2 is 1.75 bits per heavy atom. The van der Waals surface area contributed by atoms with Gasteiger partial charge in [0.2, 0.25) is 23.6 Å². The molecule has 0 aromatic heterocycles. The predicted molar refractivity (Wildman–Crippen MR) is 183 cm³/mol. The molecule has 276 valence electrons. The molecule has 0 radical (unpaired) electrons. The van der Waals surface area contributed by atoms with Crippen molar-refractivity contribution in [1.82, 2.24) is 25.8 Å². The van der Waals surface area contributed by atoms with Gasteiger partial charge < -0.3 is 39.4 Å². The molecule has 1 heterocycles. The Bertz CT molecular complexity index is 1070. The number of hydrogen-bond donors (Lipinski definition) is 3. The van der Waals surface area contributed by atoms with E-state index in [-0.39, 0.29) is 60.9 Å². The number of rotatable bonds is 21. The number of nitrogens with one attached hydrogen (secondary N) is 3. The van der Waals surface area contributed by atoms with Gasteiger partial charge in [-0.15, -0.1) is 0 Å². The highest BCUT2D eigenvalue weighted by atomic mass is 16.5. The molecule has 6 unspecified atom stereocenters. The second-order valence-electron chi connectivity index (χ2n) is 14.3. The van der Waals surface area contributed by atoms with Crippen LogP contribution < -0.4 is 16.0 Å². The van der Waals surface area contributed by atoms with Crippen molar-refractivity contribution >= 4 is 29.9 Å². The van der Waals surface area contributed by atoms with Gasteiger partial charge in [-0.2, -0.15) is 0 Å². The SMILES string of the molecule is CCC(C)C(C(CC(=O)N1CCCC1C(OC)C(C)C=O)OC)N(C)C(=O)CNC(=O)C1(NC(=O)CCC(C)(C)OCNC)CCCC1. The summed E-state index contributed by atoms with van der Waals surface area (Å²) < 4.78 is 17.3. The van der Waals surface area contributed by atoms with Crippen LogP contribution in [-0.4, -0.2) is 123 Å². The zero-order valence-electron chi connectivity index (χ0n) is 30.9. The quantitative estimate of drug-likeness (QED) is 0.122. The van der Waals surface area contributed by atoms with Crippen molar-refractivity contribution in [2.75, 3.05) is 48.1 Å². The summed E-state index contributed by atoms with van der Waals surface area (Å²) in [4.78, 5) is 68.7. The van der Waals surface area contributed by atoms with Gasteiger partial charge in [0.1, 0.15) is 11.8 Å². The minimum Gasteiger partial charge on any atom is -0.379 e. The summed E-state index contributed by atoms with van der Waals surface area (Å²) in [6, 6.07) is -0.645. The van der Waals surface area contributed by atoms with Crippen LogP contribution in [0.5, 0.6) is 0 Å². The molecule has 0 aromatic carbocycles. The number of likely N-dealkylation sites (N-methyl/N-ethyl adjacent to an activating group) is 1. The molecule has 2 fully saturated rings. The molecule has 0 bridgehead atoms. The van der Waals surface area contributed by atoms with Gasteiger partial charge in [0.15, 0.2) is 0 Å². The van der Waals surface area contributed by atoms with Gasteiger partial charge in [-0.1, -0.05) is 40.0 Å². The van der Waals surface area contributed by atoms with Crippen molar-refractivity contribution in [3.63, 3.8) is 0 Å². The van der Waals surface area contributed by atoms with Crippen LogP contribution in [0.1, 0.15) is 98.8 Å². The first kappa shape index (κ1) is 41.6. The maximum atomic E-state index is 13.7. The average molecular weight is 682 g/mol. The minimum absolute atomic E-state index is 0.00890. The fourth-order valence-electron chi connectivity index (χ4n) is 7.20. The van der Waals surface area contributed by atoms with E-state index in [2.05, 4.69) is 16.0 Å². The van der Waals surface area contributed by atoms with Crippen molar-refractivity contribution in [3.8, 4) is 0 Å². The number of likely N-dealkylation sites (tertiary alicyclic amines) is 1. The van der Waals surface area contributed by atoms with Crippen LogP contribution >= 0.6 is 0 Å². The Morgan fingerprint density at radius 1 is 1.08 bits per heavy atom. The highest BCUT2D eigenvalue weighted by Gasteiger charge is 2.44. The fraction of sp³-hybridized carbons (Fsp3) is 0.857. The van der Waals surface area contributed by atoms with Crippen LogP contribution in [0, 0.1) is 11.8 Å². The molecule has 48 heavy (non-hydrogen) atoms. The molecule has 4 amide bonds. The van der Waals surface area contributed by atoms with Crippen molar-refractivity contribution in [3.05, 3.63) is 0 Å². The molecule has 1 aliphatic carbocycles. The predicted octanol–water partition coefficient (Wildman–Crippen LogP) is 2.40. The Labute approximate surface area is 287 Å². The smallest absolute Gasteiger partial charge is 0.246 e. The van der Waals surface area contributed by atoms with Crippen LogP contribution in [0.15, 0.2) is 0 Å². The number of amides is 4. The average Bonchev–Trinajstić information content (AvgIpc) is 3.76. The highest BCUT2D eigenvalue weighted by molar-refractivity contribution is 5.94. The molecule has 1 aliphatic heterocycles. The molecule has 6 atom stereocenters. The largest absolute Gasteiger partial charge is 0.379 e. The second-order valence-corrected chi connectivity index (χ2v) is 14.3. The summed E-state index contributed by atoms with van der Waals surface area (Å²) in [6.07, 6.45) is 5.54. The van der Waals surface area contributed by atoms with E-state index in [0.29, 0.717) is 32.5 Å². The number of methoxy groups -OCH3 is 2. The lowest BCUT2D eigenvalue weighted by molar-refractivity contribution is -0.145. The number of hydrogen-bond acceptors (Lipinski definition) is 9. The Kier molecular flexibility index (Phi) is 16.9. The first-order valence-electron chi connectivity index (χ1n) is 17.6. The topological polar surface area (TPSA) is 156 Å². The maximum absolute atomic E-state index is 13.7. The number of ether oxygens (including phenoxy) is 3. The molecule has 0 spiro atoms. The zero-order valence-corrected chi connectivity index (χ0v) is 30.9. The van der Waals surface area contributed by atoms with Gasteiger partial charge in [0, 0.05) is 40.2 Å². The van der Waals surface area contributed by atoms with E-state index < -0.39 is 29.4 Å². The Balaban J connectivity index is 2.09. The van der Waals surface area contributed by atoms with E-state index in [1.54, 1.807) is 45.0 Å². The van der Waals surface area contributed by atoms with E-state index in [1.807, 2.05) is 27.7 Å². The molecule has 2 rings (SSSR count). The molecule has 0 aromatic rings. The molecule has 1 saturated heterocycles. The summed E-state index contributed by atoms with van der Waals surface area (Å²) in [5.41, 5.74) is -1.56. The third kappa shape index (κ3) is 11.2. The van der Waals surface area contributed by atoms with Gasteiger partial charge in [0.05, 0.1) is 49.6 Å². The number of carbonyl (C=O) groups is 5. The van der Waals surface area contributed by atoms with E-state index >= 15 is 0 Å². The van der Waals surface area contributed by atoms with Gasteiger partial charge in [0.25, 0.3) is 0 Å². The Hall–Kier alpha value is -2.61.